The molecule has 0 radical (unpaired) electrons. The fourth-order valence-corrected chi connectivity index (χ4v) is 1.92. The zero-order chi connectivity index (χ0) is 10.4. The Balaban J connectivity index is 2.76. The molecule has 1 aliphatic carbocycles. The summed E-state index contributed by atoms with van der Waals surface area (Å²) in [5.41, 5.74) is 1.14. The number of nitrogens with one attached hydrogen (secondary N) is 2. The monoisotopic (exact) mass is 196 g/mol. The van der Waals surface area contributed by atoms with Gasteiger partial charge in [-0.3, -0.25) is 0 Å². The van der Waals surface area contributed by atoms with E-state index in [-0.39, 0.29) is 5.60 Å². The molecule has 0 spiro atoms. The van der Waals surface area contributed by atoms with Gasteiger partial charge in [0.15, 0.2) is 0 Å². The van der Waals surface area contributed by atoms with Gasteiger partial charge in [-0.1, -0.05) is 18.2 Å². The first-order valence-corrected chi connectivity index (χ1v) is 4.99. The molecule has 0 saturated carbocycles. The molecular formula is C11H20N2O. The van der Waals surface area contributed by atoms with Crippen LogP contribution in [0.2, 0.25) is 0 Å². The van der Waals surface area contributed by atoms with E-state index >= 15 is 0 Å². The molecule has 0 aromatic rings. The number of hydrogen-bond acceptors (Lipinski definition) is 3. The minimum absolute atomic E-state index is 0.201. The van der Waals surface area contributed by atoms with Crippen LogP contribution in [-0.2, 0) is 4.74 Å². The third-order valence-electron chi connectivity index (χ3n) is 2.67. The van der Waals surface area contributed by atoms with Crippen molar-refractivity contribution in [3.05, 3.63) is 23.8 Å². The zero-order valence-corrected chi connectivity index (χ0v) is 9.26. The first-order chi connectivity index (χ1) is 6.79. The third kappa shape index (κ3) is 2.23. The minimum atomic E-state index is -0.201. The average molecular weight is 196 g/mol. The first-order valence-electron chi connectivity index (χ1n) is 4.99. The molecule has 0 aromatic heterocycles. The van der Waals surface area contributed by atoms with E-state index in [2.05, 4.69) is 28.9 Å². The molecule has 0 saturated heterocycles. The lowest BCUT2D eigenvalue weighted by molar-refractivity contribution is 0.0246. The van der Waals surface area contributed by atoms with E-state index in [1.54, 1.807) is 7.11 Å². The first kappa shape index (κ1) is 11.4. The summed E-state index contributed by atoms with van der Waals surface area (Å²) in [5, 5.41) is 6.38. The molecule has 0 atom stereocenters. The van der Waals surface area contributed by atoms with E-state index in [1.807, 2.05) is 14.1 Å². The number of allylic oxidation sites excluding steroid dienone is 3. The Labute approximate surface area is 86.2 Å². The maximum atomic E-state index is 5.67. The molecule has 3 nitrogen and oxygen atoms in total. The van der Waals surface area contributed by atoms with E-state index in [0.717, 1.165) is 19.5 Å². The molecule has 14 heavy (non-hydrogen) atoms. The van der Waals surface area contributed by atoms with Crippen molar-refractivity contribution in [3.63, 3.8) is 0 Å². The number of hydrogen-bond donors (Lipinski definition) is 2. The van der Waals surface area contributed by atoms with Crippen LogP contribution in [-0.4, -0.2) is 39.9 Å². The Morgan fingerprint density at radius 1 is 1.36 bits per heavy atom. The summed E-state index contributed by atoms with van der Waals surface area (Å²) in [6, 6.07) is 0. The van der Waals surface area contributed by atoms with Crippen molar-refractivity contribution in [2.75, 3.05) is 34.3 Å². The fourth-order valence-electron chi connectivity index (χ4n) is 1.92. The molecule has 0 unspecified atom stereocenters. The van der Waals surface area contributed by atoms with Crippen LogP contribution in [0.5, 0.6) is 0 Å². The molecule has 0 amide bonds. The van der Waals surface area contributed by atoms with Gasteiger partial charge in [0.05, 0.1) is 0 Å². The number of methoxy groups -OCH3 is 1. The maximum absolute atomic E-state index is 5.67. The van der Waals surface area contributed by atoms with Crippen molar-refractivity contribution in [1.82, 2.24) is 10.6 Å². The van der Waals surface area contributed by atoms with Crippen LogP contribution in [0, 0.1) is 0 Å². The normalized spacial score (nSPS) is 16.1. The zero-order valence-electron chi connectivity index (χ0n) is 9.26. The van der Waals surface area contributed by atoms with E-state index < -0.39 is 0 Å². The van der Waals surface area contributed by atoms with E-state index in [4.69, 9.17) is 4.74 Å². The van der Waals surface area contributed by atoms with Crippen molar-refractivity contribution in [2.45, 2.75) is 12.0 Å². The third-order valence-corrected chi connectivity index (χ3v) is 2.67. The van der Waals surface area contributed by atoms with Gasteiger partial charge in [0.1, 0.15) is 5.60 Å². The van der Waals surface area contributed by atoms with Gasteiger partial charge in [0, 0.05) is 20.2 Å². The van der Waals surface area contributed by atoms with Crippen LogP contribution in [0.3, 0.4) is 0 Å². The largest absolute Gasteiger partial charge is 0.371 e. The predicted octanol–water partition coefficient (Wildman–Crippen LogP) is 0.697. The van der Waals surface area contributed by atoms with Gasteiger partial charge in [-0.2, -0.15) is 0 Å². The fraction of sp³-hybridized carbons (Fsp3) is 0.636. The van der Waals surface area contributed by atoms with Gasteiger partial charge in [-0.15, -0.1) is 0 Å². The SMILES string of the molecule is CNCC(CNC)(OC)C1=CC=CC1. The Morgan fingerprint density at radius 2 is 2.00 bits per heavy atom. The summed E-state index contributed by atoms with van der Waals surface area (Å²) in [6.07, 6.45) is 7.40. The van der Waals surface area contributed by atoms with Crippen molar-refractivity contribution >= 4 is 0 Å². The summed E-state index contributed by atoms with van der Waals surface area (Å²) in [5.74, 6) is 0. The van der Waals surface area contributed by atoms with Gasteiger partial charge in [0.25, 0.3) is 0 Å². The topological polar surface area (TPSA) is 33.3 Å². The van der Waals surface area contributed by atoms with Crippen molar-refractivity contribution < 1.29 is 4.74 Å². The van der Waals surface area contributed by atoms with Crippen LogP contribution in [0.15, 0.2) is 23.8 Å². The van der Waals surface area contributed by atoms with Gasteiger partial charge < -0.3 is 15.4 Å². The minimum Gasteiger partial charge on any atom is -0.371 e. The molecule has 3 heteroatoms. The van der Waals surface area contributed by atoms with Crippen molar-refractivity contribution in [2.24, 2.45) is 0 Å². The lowest BCUT2D eigenvalue weighted by atomic mass is 9.92. The van der Waals surface area contributed by atoms with Gasteiger partial charge >= 0.3 is 0 Å². The molecule has 1 rings (SSSR count). The Hall–Kier alpha value is -0.640. The van der Waals surface area contributed by atoms with E-state index in [1.165, 1.54) is 5.57 Å². The second kappa shape index (κ2) is 5.29. The van der Waals surface area contributed by atoms with Gasteiger partial charge in [-0.05, 0) is 26.1 Å². The molecule has 0 aliphatic heterocycles. The highest BCUT2D eigenvalue weighted by Gasteiger charge is 2.32. The summed E-state index contributed by atoms with van der Waals surface area (Å²) in [4.78, 5) is 0. The van der Waals surface area contributed by atoms with Gasteiger partial charge in [-0.25, -0.2) is 0 Å². The van der Waals surface area contributed by atoms with Crippen molar-refractivity contribution in [3.8, 4) is 0 Å². The smallest absolute Gasteiger partial charge is 0.114 e. The molecule has 0 fully saturated rings. The average Bonchev–Trinajstić information content (AvgIpc) is 2.70. The lowest BCUT2D eigenvalue weighted by Crippen LogP contribution is -2.49. The lowest BCUT2D eigenvalue weighted by Gasteiger charge is -2.33. The standard InChI is InChI=1S/C11H20N2O/c1-12-8-11(14-3,9-13-2)10-6-4-5-7-10/h4-6,12-13H,7-9H2,1-3H3. The highest BCUT2D eigenvalue weighted by Crippen LogP contribution is 2.26. The highest BCUT2D eigenvalue weighted by molar-refractivity contribution is 5.32. The van der Waals surface area contributed by atoms with Crippen molar-refractivity contribution in [1.29, 1.82) is 0 Å². The molecular weight excluding hydrogens is 176 g/mol. The van der Waals surface area contributed by atoms with Crippen LogP contribution >= 0.6 is 0 Å². The molecule has 0 aromatic carbocycles. The second-order valence-electron chi connectivity index (χ2n) is 3.58. The number of ether oxygens (including phenoxy) is 1. The highest BCUT2D eigenvalue weighted by atomic mass is 16.5. The summed E-state index contributed by atoms with van der Waals surface area (Å²) < 4.78 is 5.67. The number of likely N-dealkylation sites (N-methyl/N-ethyl adjacent to an activating group) is 2. The molecule has 2 N–H and O–H groups in total. The summed E-state index contributed by atoms with van der Waals surface area (Å²) in [7, 11) is 5.67. The van der Waals surface area contributed by atoms with Crippen LogP contribution in [0.1, 0.15) is 6.42 Å². The quantitative estimate of drug-likeness (QED) is 0.656. The Kier molecular flexibility index (Phi) is 4.32. The van der Waals surface area contributed by atoms with Crippen LogP contribution < -0.4 is 10.6 Å². The van der Waals surface area contributed by atoms with E-state index in [9.17, 15) is 0 Å². The Morgan fingerprint density at radius 3 is 2.36 bits per heavy atom. The summed E-state index contributed by atoms with van der Waals surface area (Å²) >= 11 is 0. The molecule has 0 heterocycles. The molecule has 1 aliphatic rings. The predicted molar refractivity (Wildman–Crippen MR) is 59.4 cm³/mol. The molecule has 0 bridgehead atoms. The second-order valence-corrected chi connectivity index (χ2v) is 3.58. The molecule has 80 valence electrons. The maximum Gasteiger partial charge on any atom is 0.114 e. The van der Waals surface area contributed by atoms with Crippen LogP contribution in [0.4, 0.5) is 0 Å². The number of rotatable bonds is 6. The summed E-state index contributed by atoms with van der Waals surface area (Å²) in [6.45, 7) is 1.66. The van der Waals surface area contributed by atoms with Crippen LogP contribution in [0.25, 0.3) is 0 Å². The van der Waals surface area contributed by atoms with Gasteiger partial charge in [0.2, 0.25) is 0 Å². The Bertz CT molecular complexity index is 227. The van der Waals surface area contributed by atoms with E-state index in [0.29, 0.717) is 0 Å².